The number of nitrogens with zero attached hydrogens (tertiary/aromatic N) is 1. The van der Waals surface area contributed by atoms with Crippen LogP contribution in [0.1, 0.15) is 26.2 Å². The average molecular weight is 418 g/mol. The van der Waals surface area contributed by atoms with Gasteiger partial charge >= 0.3 is 0 Å². The van der Waals surface area contributed by atoms with Gasteiger partial charge in [-0.15, -0.1) is 12.4 Å². The fourth-order valence-electron chi connectivity index (χ4n) is 3.34. The van der Waals surface area contributed by atoms with E-state index < -0.39 is 10.0 Å². The zero-order chi connectivity index (χ0) is 18.7. The summed E-state index contributed by atoms with van der Waals surface area (Å²) in [5, 5.41) is 6.01. The largest absolute Gasteiger partial charge is 0.495 e. The molecule has 2 aliphatic heterocycles. The van der Waals surface area contributed by atoms with Crippen LogP contribution < -0.4 is 15.4 Å². The first kappa shape index (κ1) is 21.9. The zero-order valence-corrected chi connectivity index (χ0v) is 17.4. The van der Waals surface area contributed by atoms with Crippen molar-refractivity contribution in [2.75, 3.05) is 38.6 Å². The van der Waals surface area contributed by atoms with Crippen molar-refractivity contribution in [2.45, 2.75) is 31.1 Å². The Labute approximate surface area is 167 Å². The van der Waals surface area contributed by atoms with Crippen LogP contribution in [0.15, 0.2) is 23.1 Å². The lowest BCUT2D eigenvalue weighted by Crippen LogP contribution is -2.48. The minimum absolute atomic E-state index is 0. The lowest BCUT2D eigenvalue weighted by molar-refractivity contribution is -0.121. The van der Waals surface area contributed by atoms with E-state index in [1.165, 1.54) is 17.5 Å². The Morgan fingerprint density at radius 2 is 1.93 bits per heavy atom. The number of hydrogen-bond donors (Lipinski definition) is 2. The summed E-state index contributed by atoms with van der Waals surface area (Å²) in [5.41, 5.74) is 0.477. The monoisotopic (exact) mass is 417 g/mol. The van der Waals surface area contributed by atoms with Gasteiger partial charge < -0.3 is 15.4 Å². The van der Waals surface area contributed by atoms with Crippen LogP contribution in [0.5, 0.6) is 5.75 Å². The molecule has 1 amide bonds. The number of ether oxygens (including phenoxy) is 1. The first-order chi connectivity index (χ1) is 12.4. The van der Waals surface area contributed by atoms with Crippen molar-refractivity contribution in [2.24, 2.45) is 11.8 Å². The number of piperidine rings is 1. The topological polar surface area (TPSA) is 87.7 Å². The molecule has 2 aliphatic rings. The summed E-state index contributed by atoms with van der Waals surface area (Å²) >= 11 is 0. The third-order valence-corrected chi connectivity index (χ3v) is 7.22. The Bertz CT molecular complexity index is 762. The second-order valence-electron chi connectivity index (χ2n) is 7.03. The molecular weight excluding hydrogens is 390 g/mol. The van der Waals surface area contributed by atoms with Crippen LogP contribution in [-0.4, -0.2) is 51.9 Å². The minimum Gasteiger partial charge on any atom is -0.495 e. The number of halogens is 1. The molecule has 0 aromatic heterocycles. The lowest BCUT2D eigenvalue weighted by atomic mass is 9.88. The molecule has 3 rings (SSSR count). The highest BCUT2D eigenvalue weighted by Gasteiger charge is 2.31. The van der Waals surface area contributed by atoms with E-state index in [2.05, 4.69) is 10.6 Å². The molecule has 0 aliphatic carbocycles. The predicted octanol–water partition coefficient (Wildman–Crippen LogP) is 2.09. The Balaban J connectivity index is 0.00000261. The third-order valence-electron chi connectivity index (χ3n) is 5.30. The standard InChI is InChI=1S/C18H27N3O4S.ClH/c1-13(14-11-19-12-14)18(22)20-15-6-7-16(25-2)17(10-15)26(23,24)21-8-4-3-5-9-21;/h6-7,10,13-14,19H,3-5,8-9,11-12H2,1-2H3,(H,20,22);1H. The van der Waals surface area contributed by atoms with Crippen LogP contribution in [0.3, 0.4) is 0 Å². The van der Waals surface area contributed by atoms with Gasteiger partial charge in [0.2, 0.25) is 15.9 Å². The summed E-state index contributed by atoms with van der Waals surface area (Å²) in [5.74, 6) is 0.401. The summed E-state index contributed by atoms with van der Waals surface area (Å²) in [6, 6.07) is 4.78. The van der Waals surface area contributed by atoms with Gasteiger partial charge in [-0.25, -0.2) is 8.42 Å². The van der Waals surface area contributed by atoms with Gasteiger partial charge in [-0.05, 0) is 50.0 Å². The quantitative estimate of drug-likeness (QED) is 0.739. The van der Waals surface area contributed by atoms with Crippen molar-refractivity contribution in [1.82, 2.24) is 9.62 Å². The van der Waals surface area contributed by atoms with Crippen molar-refractivity contribution in [3.05, 3.63) is 18.2 Å². The molecule has 1 atom stereocenters. The van der Waals surface area contributed by atoms with Crippen LogP contribution in [0.25, 0.3) is 0 Å². The second kappa shape index (κ2) is 9.23. The number of methoxy groups -OCH3 is 1. The number of rotatable bonds is 6. The van der Waals surface area contributed by atoms with Crippen molar-refractivity contribution in [3.63, 3.8) is 0 Å². The van der Waals surface area contributed by atoms with Crippen molar-refractivity contribution in [1.29, 1.82) is 0 Å². The van der Waals surface area contributed by atoms with Crippen LogP contribution in [0, 0.1) is 11.8 Å². The van der Waals surface area contributed by atoms with Crippen LogP contribution in [0.4, 0.5) is 5.69 Å². The van der Waals surface area contributed by atoms with E-state index in [9.17, 15) is 13.2 Å². The van der Waals surface area contributed by atoms with E-state index in [4.69, 9.17) is 4.74 Å². The SMILES string of the molecule is COc1ccc(NC(=O)C(C)C2CNC2)cc1S(=O)(=O)N1CCCCC1.Cl. The van der Waals surface area contributed by atoms with Gasteiger partial charge in [-0.3, -0.25) is 4.79 Å². The summed E-state index contributed by atoms with van der Waals surface area (Å²) in [4.78, 5) is 12.5. The molecule has 2 saturated heterocycles. The molecule has 1 unspecified atom stereocenters. The van der Waals surface area contributed by atoms with Gasteiger partial charge in [0.05, 0.1) is 7.11 Å². The van der Waals surface area contributed by atoms with Gasteiger partial charge in [-0.1, -0.05) is 13.3 Å². The van der Waals surface area contributed by atoms with Gasteiger partial charge in [0, 0.05) is 24.7 Å². The number of carbonyl (C=O) groups is 1. The molecule has 7 nitrogen and oxygen atoms in total. The van der Waals surface area contributed by atoms with E-state index in [1.807, 2.05) is 6.92 Å². The molecule has 2 N–H and O–H groups in total. The minimum atomic E-state index is -3.65. The maximum absolute atomic E-state index is 13.0. The first-order valence-electron chi connectivity index (χ1n) is 9.13. The summed E-state index contributed by atoms with van der Waals surface area (Å²) < 4.78 is 32.8. The number of sulfonamides is 1. The molecule has 1 aromatic rings. The average Bonchev–Trinajstić information content (AvgIpc) is 2.61. The lowest BCUT2D eigenvalue weighted by Gasteiger charge is -2.31. The molecule has 0 radical (unpaired) electrons. The zero-order valence-electron chi connectivity index (χ0n) is 15.7. The Morgan fingerprint density at radius 3 is 2.48 bits per heavy atom. The summed E-state index contributed by atoms with van der Waals surface area (Å²) in [7, 11) is -2.19. The third kappa shape index (κ3) is 4.74. The molecule has 0 bridgehead atoms. The van der Waals surface area contributed by atoms with E-state index in [1.54, 1.807) is 12.1 Å². The van der Waals surface area contributed by atoms with Crippen LogP contribution >= 0.6 is 12.4 Å². The predicted molar refractivity (Wildman–Crippen MR) is 107 cm³/mol. The Morgan fingerprint density at radius 1 is 1.26 bits per heavy atom. The van der Waals surface area contributed by atoms with Gasteiger partial charge in [0.25, 0.3) is 0 Å². The molecule has 2 fully saturated rings. The van der Waals surface area contributed by atoms with Crippen molar-refractivity contribution < 1.29 is 17.9 Å². The van der Waals surface area contributed by atoms with Crippen molar-refractivity contribution in [3.8, 4) is 5.75 Å². The van der Waals surface area contributed by atoms with E-state index in [0.717, 1.165) is 32.4 Å². The summed E-state index contributed by atoms with van der Waals surface area (Å²) in [6.07, 6.45) is 2.78. The molecular formula is C18H28ClN3O4S. The van der Waals surface area contributed by atoms with E-state index >= 15 is 0 Å². The number of benzene rings is 1. The van der Waals surface area contributed by atoms with Crippen LogP contribution in [-0.2, 0) is 14.8 Å². The number of carbonyl (C=O) groups excluding carboxylic acids is 1. The highest BCUT2D eigenvalue weighted by Crippen LogP contribution is 2.31. The molecule has 0 spiro atoms. The molecule has 2 heterocycles. The number of nitrogens with one attached hydrogen (secondary N) is 2. The molecule has 0 saturated carbocycles. The Kier molecular flexibility index (Phi) is 7.50. The fourth-order valence-corrected chi connectivity index (χ4v) is 5.03. The maximum atomic E-state index is 13.0. The van der Waals surface area contributed by atoms with E-state index in [-0.39, 0.29) is 29.1 Å². The smallest absolute Gasteiger partial charge is 0.246 e. The van der Waals surface area contributed by atoms with Gasteiger partial charge in [0.15, 0.2) is 0 Å². The summed E-state index contributed by atoms with van der Waals surface area (Å²) in [6.45, 7) is 4.62. The number of anilines is 1. The normalized spacial score (nSPS) is 19.5. The molecule has 1 aromatic carbocycles. The highest BCUT2D eigenvalue weighted by molar-refractivity contribution is 7.89. The van der Waals surface area contributed by atoms with E-state index in [0.29, 0.717) is 30.4 Å². The molecule has 27 heavy (non-hydrogen) atoms. The van der Waals surface area contributed by atoms with Crippen LogP contribution in [0.2, 0.25) is 0 Å². The molecule has 152 valence electrons. The number of hydrogen-bond acceptors (Lipinski definition) is 5. The van der Waals surface area contributed by atoms with Gasteiger partial charge in [0.1, 0.15) is 10.6 Å². The maximum Gasteiger partial charge on any atom is 0.246 e. The fraction of sp³-hybridized carbons (Fsp3) is 0.611. The second-order valence-corrected chi connectivity index (χ2v) is 8.93. The van der Waals surface area contributed by atoms with Gasteiger partial charge in [-0.2, -0.15) is 4.31 Å². The Hall–Kier alpha value is -1.35. The van der Waals surface area contributed by atoms with Crippen molar-refractivity contribution >= 4 is 34.0 Å². The number of amides is 1. The first-order valence-corrected chi connectivity index (χ1v) is 10.6. The highest BCUT2D eigenvalue weighted by atomic mass is 35.5. The molecule has 9 heteroatoms.